The van der Waals surface area contributed by atoms with Crippen molar-refractivity contribution in [2.75, 3.05) is 45.6 Å². The maximum absolute atomic E-state index is 12.2. The molecule has 118 valence electrons. The third-order valence-electron chi connectivity index (χ3n) is 4.12. The average Bonchev–Trinajstić information content (AvgIpc) is 2.47. The molecule has 5 heteroatoms. The van der Waals surface area contributed by atoms with E-state index in [1.54, 1.807) is 18.2 Å². The second-order valence-electron chi connectivity index (χ2n) is 5.50. The first-order valence-corrected chi connectivity index (χ1v) is 7.45. The number of hydrogen-bond acceptors (Lipinski definition) is 4. The molecule has 21 heavy (non-hydrogen) atoms. The molecule has 0 aromatic heterocycles. The van der Waals surface area contributed by atoms with Crippen LogP contribution in [0.4, 0.5) is 5.69 Å². The number of anilines is 1. The van der Waals surface area contributed by atoms with Gasteiger partial charge in [0.2, 0.25) is 0 Å². The van der Waals surface area contributed by atoms with Gasteiger partial charge in [0.15, 0.2) is 0 Å². The number of carbonyl (C=O) groups is 1. The van der Waals surface area contributed by atoms with Crippen molar-refractivity contribution >= 4 is 11.7 Å². The fourth-order valence-corrected chi connectivity index (χ4v) is 2.12. The predicted octanol–water partition coefficient (Wildman–Crippen LogP) is 1.45. The Kier molecular flexibility index (Phi) is 6.65. The Labute approximate surface area is 126 Å². The van der Waals surface area contributed by atoms with Crippen LogP contribution in [0.5, 0.6) is 0 Å². The topological polar surface area (TPSA) is 72.5 Å². The van der Waals surface area contributed by atoms with Crippen LogP contribution in [0, 0.1) is 0 Å². The van der Waals surface area contributed by atoms with E-state index in [4.69, 9.17) is 15.6 Å². The number of nitrogens with two attached hydrogens (primary N) is 1. The fourth-order valence-electron chi connectivity index (χ4n) is 2.12. The van der Waals surface area contributed by atoms with Gasteiger partial charge >= 0.3 is 5.97 Å². The van der Waals surface area contributed by atoms with E-state index in [1.807, 2.05) is 0 Å². The standard InChI is InChI=1S/C16H26N2O3/c1-4-18(3,5-2)9-11-21-16(20)15-7-6-14(17)12-13(15)8-10-19/h6-7,12,19H,4-5,8-11H2,1-3H3,(H-,17,20)/p+1. The molecule has 1 aromatic carbocycles. The molecule has 0 aliphatic rings. The number of esters is 1. The highest BCUT2D eigenvalue weighted by atomic mass is 16.5. The number of aliphatic hydroxyl groups is 1. The molecule has 0 atom stereocenters. The first-order valence-electron chi connectivity index (χ1n) is 7.45. The van der Waals surface area contributed by atoms with Crippen molar-refractivity contribution in [3.8, 4) is 0 Å². The highest BCUT2D eigenvalue weighted by molar-refractivity contribution is 5.91. The maximum Gasteiger partial charge on any atom is 0.338 e. The minimum Gasteiger partial charge on any atom is -0.456 e. The molecular formula is C16H27N2O3+. The third kappa shape index (κ3) is 5.02. The molecule has 0 aliphatic heterocycles. The highest BCUT2D eigenvalue weighted by Gasteiger charge is 2.18. The van der Waals surface area contributed by atoms with Gasteiger partial charge < -0.3 is 20.1 Å². The van der Waals surface area contributed by atoms with E-state index in [0.717, 1.165) is 29.7 Å². The molecule has 0 amide bonds. The first-order chi connectivity index (χ1) is 9.95. The summed E-state index contributed by atoms with van der Waals surface area (Å²) < 4.78 is 6.25. The van der Waals surface area contributed by atoms with Crippen molar-refractivity contribution in [2.24, 2.45) is 0 Å². The number of carbonyl (C=O) groups excluding carboxylic acids is 1. The summed E-state index contributed by atoms with van der Waals surface area (Å²) in [4.78, 5) is 12.2. The molecule has 0 saturated carbocycles. The molecule has 3 N–H and O–H groups in total. The Morgan fingerprint density at radius 2 is 2.00 bits per heavy atom. The molecule has 0 saturated heterocycles. The lowest BCUT2D eigenvalue weighted by Crippen LogP contribution is -2.46. The fraction of sp³-hybridized carbons (Fsp3) is 0.562. The number of benzene rings is 1. The van der Waals surface area contributed by atoms with E-state index < -0.39 is 0 Å². The summed E-state index contributed by atoms with van der Waals surface area (Å²) >= 11 is 0. The zero-order chi connectivity index (χ0) is 15.9. The molecule has 0 radical (unpaired) electrons. The van der Waals surface area contributed by atoms with Crippen LogP contribution in [0.15, 0.2) is 18.2 Å². The molecule has 0 aliphatic carbocycles. The second-order valence-corrected chi connectivity index (χ2v) is 5.50. The summed E-state index contributed by atoms with van der Waals surface area (Å²) in [7, 11) is 2.15. The number of quaternary nitrogens is 1. The smallest absolute Gasteiger partial charge is 0.338 e. The molecule has 0 heterocycles. The van der Waals surface area contributed by atoms with Gasteiger partial charge in [-0.05, 0) is 44.0 Å². The van der Waals surface area contributed by atoms with E-state index in [0.29, 0.717) is 24.3 Å². The maximum atomic E-state index is 12.2. The Balaban J connectivity index is 2.68. The summed E-state index contributed by atoms with van der Waals surface area (Å²) in [6.45, 7) is 7.43. The van der Waals surface area contributed by atoms with E-state index in [-0.39, 0.29) is 12.6 Å². The van der Waals surface area contributed by atoms with Gasteiger partial charge in [-0.15, -0.1) is 0 Å². The quantitative estimate of drug-likeness (QED) is 0.432. The zero-order valence-corrected chi connectivity index (χ0v) is 13.3. The predicted molar refractivity (Wildman–Crippen MR) is 84.1 cm³/mol. The van der Waals surface area contributed by atoms with Gasteiger partial charge in [-0.2, -0.15) is 0 Å². The van der Waals surface area contributed by atoms with Gasteiger partial charge in [0.05, 0.1) is 25.7 Å². The van der Waals surface area contributed by atoms with Crippen LogP contribution in [0.25, 0.3) is 0 Å². The van der Waals surface area contributed by atoms with E-state index in [1.165, 1.54) is 0 Å². The van der Waals surface area contributed by atoms with Crippen LogP contribution < -0.4 is 5.73 Å². The second kappa shape index (κ2) is 8.00. The van der Waals surface area contributed by atoms with Crippen molar-refractivity contribution in [3.05, 3.63) is 29.3 Å². The number of likely N-dealkylation sites (N-methyl/N-ethyl adjacent to an activating group) is 1. The van der Waals surface area contributed by atoms with E-state index in [2.05, 4.69) is 20.9 Å². The molecule has 1 rings (SSSR count). The van der Waals surface area contributed by atoms with Gasteiger partial charge in [0.25, 0.3) is 0 Å². The molecule has 0 spiro atoms. The molecule has 5 nitrogen and oxygen atoms in total. The third-order valence-corrected chi connectivity index (χ3v) is 4.12. The number of rotatable bonds is 8. The molecule has 0 bridgehead atoms. The van der Waals surface area contributed by atoms with Crippen molar-refractivity contribution in [1.29, 1.82) is 0 Å². The molecular weight excluding hydrogens is 268 g/mol. The van der Waals surface area contributed by atoms with Crippen LogP contribution in [-0.4, -0.2) is 55.5 Å². The first kappa shape index (κ1) is 17.5. The monoisotopic (exact) mass is 295 g/mol. The van der Waals surface area contributed by atoms with Gasteiger partial charge in [0.1, 0.15) is 13.2 Å². The van der Waals surface area contributed by atoms with Crippen LogP contribution in [0.3, 0.4) is 0 Å². The summed E-state index contributed by atoms with van der Waals surface area (Å²) in [5.74, 6) is -0.350. The molecule has 1 aromatic rings. The summed E-state index contributed by atoms with van der Waals surface area (Å²) in [6.07, 6.45) is 0.396. The number of aliphatic hydroxyl groups excluding tert-OH is 1. The Hall–Kier alpha value is -1.59. The van der Waals surface area contributed by atoms with E-state index in [9.17, 15) is 4.79 Å². The average molecular weight is 295 g/mol. The lowest BCUT2D eigenvalue weighted by atomic mass is 10.0. The van der Waals surface area contributed by atoms with Gasteiger partial charge in [-0.25, -0.2) is 4.79 Å². The number of nitrogens with zero attached hydrogens (tertiary/aromatic N) is 1. The van der Waals surface area contributed by atoms with Crippen LogP contribution in [0.1, 0.15) is 29.8 Å². The van der Waals surface area contributed by atoms with Crippen LogP contribution in [0.2, 0.25) is 0 Å². The lowest BCUT2D eigenvalue weighted by Gasteiger charge is -2.31. The minimum absolute atomic E-state index is 0.0234. The Morgan fingerprint density at radius 3 is 2.57 bits per heavy atom. The number of hydrogen-bond donors (Lipinski definition) is 2. The molecule has 0 fully saturated rings. The van der Waals surface area contributed by atoms with Crippen molar-refractivity contribution < 1.29 is 19.1 Å². The Bertz CT molecular complexity index is 471. The van der Waals surface area contributed by atoms with Crippen molar-refractivity contribution in [3.63, 3.8) is 0 Å². The normalized spacial score (nSPS) is 11.4. The van der Waals surface area contributed by atoms with Gasteiger partial charge in [-0.1, -0.05) is 0 Å². The van der Waals surface area contributed by atoms with Gasteiger partial charge in [0, 0.05) is 12.3 Å². The number of nitrogen functional groups attached to an aromatic ring is 1. The van der Waals surface area contributed by atoms with Crippen LogP contribution in [-0.2, 0) is 11.2 Å². The molecule has 0 unspecified atom stereocenters. The summed E-state index contributed by atoms with van der Waals surface area (Å²) in [6, 6.07) is 5.05. The summed E-state index contributed by atoms with van der Waals surface area (Å²) in [5, 5.41) is 9.07. The van der Waals surface area contributed by atoms with Crippen molar-refractivity contribution in [2.45, 2.75) is 20.3 Å². The largest absolute Gasteiger partial charge is 0.456 e. The SMILES string of the molecule is CC[N+](C)(CC)CCOC(=O)c1ccc(N)cc1CCO. The highest BCUT2D eigenvalue weighted by Crippen LogP contribution is 2.15. The van der Waals surface area contributed by atoms with Crippen LogP contribution >= 0.6 is 0 Å². The number of ether oxygens (including phenoxy) is 1. The van der Waals surface area contributed by atoms with E-state index >= 15 is 0 Å². The minimum atomic E-state index is -0.350. The Morgan fingerprint density at radius 1 is 1.33 bits per heavy atom. The van der Waals surface area contributed by atoms with Crippen molar-refractivity contribution in [1.82, 2.24) is 0 Å². The van der Waals surface area contributed by atoms with Gasteiger partial charge in [-0.3, -0.25) is 0 Å². The lowest BCUT2D eigenvalue weighted by molar-refractivity contribution is -0.906. The summed E-state index contributed by atoms with van der Waals surface area (Å²) in [5.41, 5.74) is 7.51. The zero-order valence-electron chi connectivity index (χ0n) is 13.3.